The molecule has 142 valence electrons. The molecule has 1 aromatic heterocycles. The van der Waals surface area contributed by atoms with E-state index in [0.717, 1.165) is 28.6 Å². The highest BCUT2D eigenvalue weighted by atomic mass is 127. The van der Waals surface area contributed by atoms with Crippen molar-refractivity contribution < 1.29 is 13.2 Å². The lowest BCUT2D eigenvalue weighted by Gasteiger charge is -2.22. The van der Waals surface area contributed by atoms with Crippen LogP contribution in [0.1, 0.15) is 49.2 Å². The van der Waals surface area contributed by atoms with Crippen LogP contribution in [0.5, 0.6) is 0 Å². The topological polar surface area (TPSA) is 49.3 Å². The van der Waals surface area contributed by atoms with Crippen molar-refractivity contribution >= 4 is 41.3 Å². The minimum atomic E-state index is -4.38. The fourth-order valence-corrected chi connectivity index (χ4v) is 4.26. The van der Waals surface area contributed by atoms with E-state index in [1.54, 1.807) is 7.05 Å². The quantitative estimate of drug-likeness (QED) is 0.375. The van der Waals surface area contributed by atoms with Crippen molar-refractivity contribution in [3.05, 3.63) is 16.1 Å². The molecule has 0 saturated heterocycles. The number of halogens is 4. The van der Waals surface area contributed by atoms with Gasteiger partial charge in [-0.2, -0.15) is 13.2 Å². The SMILES string of the molecule is CN=C(NCc1nc(C(F)(F)F)cs1)NC1CC1C1CCCCC1.I. The smallest absolute Gasteiger partial charge is 0.353 e. The third kappa shape index (κ3) is 5.70. The number of thiazole rings is 1. The molecule has 2 fully saturated rings. The molecule has 3 rings (SSSR count). The van der Waals surface area contributed by atoms with Crippen LogP contribution in [0.25, 0.3) is 0 Å². The predicted molar refractivity (Wildman–Crippen MR) is 104 cm³/mol. The highest BCUT2D eigenvalue weighted by Gasteiger charge is 2.43. The van der Waals surface area contributed by atoms with Crippen LogP contribution in [-0.2, 0) is 12.7 Å². The minimum absolute atomic E-state index is 0. The largest absolute Gasteiger partial charge is 0.434 e. The summed E-state index contributed by atoms with van der Waals surface area (Å²) in [5, 5.41) is 7.91. The number of nitrogens with one attached hydrogen (secondary N) is 2. The Morgan fingerprint density at radius 2 is 2.04 bits per heavy atom. The molecule has 2 atom stereocenters. The lowest BCUT2D eigenvalue weighted by Crippen LogP contribution is -2.39. The maximum atomic E-state index is 12.6. The van der Waals surface area contributed by atoms with Gasteiger partial charge in [-0.25, -0.2) is 4.98 Å². The van der Waals surface area contributed by atoms with E-state index in [1.807, 2.05) is 0 Å². The normalized spacial score (nSPS) is 24.6. The van der Waals surface area contributed by atoms with Crippen molar-refractivity contribution in [3.63, 3.8) is 0 Å². The molecule has 0 radical (unpaired) electrons. The van der Waals surface area contributed by atoms with Gasteiger partial charge in [0.25, 0.3) is 0 Å². The Morgan fingerprint density at radius 1 is 1.32 bits per heavy atom. The number of aromatic nitrogens is 1. The van der Waals surface area contributed by atoms with Crippen LogP contribution in [-0.4, -0.2) is 24.0 Å². The summed E-state index contributed by atoms with van der Waals surface area (Å²) in [6.45, 7) is 0.251. The standard InChI is InChI=1S/C16H23F3N4S.HI/c1-20-15(21-8-14-23-13(9-24-14)16(17,18)19)22-12-7-11(12)10-5-3-2-4-6-10;/h9-12H,2-8H2,1H3,(H2,20,21,22);1H. The Kier molecular flexibility index (Phi) is 7.36. The summed E-state index contributed by atoms with van der Waals surface area (Å²) in [5.74, 6) is 2.19. The lowest BCUT2D eigenvalue weighted by atomic mass is 9.85. The first-order chi connectivity index (χ1) is 11.5. The zero-order chi connectivity index (χ0) is 17.2. The maximum absolute atomic E-state index is 12.6. The molecule has 0 aliphatic heterocycles. The Morgan fingerprint density at radius 3 is 2.64 bits per heavy atom. The van der Waals surface area contributed by atoms with E-state index in [2.05, 4.69) is 20.6 Å². The van der Waals surface area contributed by atoms with E-state index in [1.165, 1.54) is 38.5 Å². The molecule has 1 heterocycles. The molecular weight excluding hydrogens is 464 g/mol. The van der Waals surface area contributed by atoms with Gasteiger partial charge in [0.1, 0.15) is 5.01 Å². The molecule has 2 unspecified atom stereocenters. The maximum Gasteiger partial charge on any atom is 0.434 e. The molecule has 0 amide bonds. The van der Waals surface area contributed by atoms with Crippen molar-refractivity contribution in [1.82, 2.24) is 15.6 Å². The van der Waals surface area contributed by atoms with Crippen LogP contribution in [0.15, 0.2) is 10.4 Å². The third-order valence-corrected chi connectivity index (χ3v) is 5.74. The van der Waals surface area contributed by atoms with Gasteiger partial charge in [0.05, 0.1) is 6.54 Å². The average Bonchev–Trinajstić information content (AvgIpc) is 3.15. The van der Waals surface area contributed by atoms with Gasteiger partial charge < -0.3 is 10.6 Å². The molecular formula is C16H24F3IN4S. The average molecular weight is 488 g/mol. The molecule has 4 nitrogen and oxygen atoms in total. The molecule has 2 N–H and O–H groups in total. The monoisotopic (exact) mass is 488 g/mol. The second kappa shape index (κ2) is 8.88. The number of alkyl halides is 3. The van der Waals surface area contributed by atoms with Gasteiger partial charge >= 0.3 is 6.18 Å². The number of hydrogen-bond donors (Lipinski definition) is 2. The van der Waals surface area contributed by atoms with E-state index in [0.29, 0.717) is 17.0 Å². The molecule has 2 aliphatic carbocycles. The summed E-state index contributed by atoms with van der Waals surface area (Å²) >= 11 is 1.01. The third-order valence-electron chi connectivity index (χ3n) is 4.89. The fourth-order valence-electron chi connectivity index (χ4n) is 3.52. The van der Waals surface area contributed by atoms with Crippen molar-refractivity contribution in [2.45, 2.75) is 57.3 Å². The minimum Gasteiger partial charge on any atom is -0.353 e. The second-order valence-corrected chi connectivity index (χ2v) is 7.54. The van der Waals surface area contributed by atoms with Crippen LogP contribution in [0.4, 0.5) is 13.2 Å². The van der Waals surface area contributed by atoms with Crippen LogP contribution < -0.4 is 10.6 Å². The van der Waals surface area contributed by atoms with Gasteiger partial charge in [-0.15, -0.1) is 35.3 Å². The van der Waals surface area contributed by atoms with E-state index in [4.69, 9.17) is 0 Å². The van der Waals surface area contributed by atoms with Gasteiger partial charge in [0, 0.05) is 18.5 Å². The van der Waals surface area contributed by atoms with Gasteiger partial charge in [-0.3, -0.25) is 4.99 Å². The summed E-state index contributed by atoms with van der Waals surface area (Å²) < 4.78 is 37.7. The Hall–Kier alpha value is -0.580. The molecule has 0 spiro atoms. The molecule has 2 saturated carbocycles. The Bertz CT molecular complexity index is 584. The van der Waals surface area contributed by atoms with Crippen LogP contribution >= 0.6 is 35.3 Å². The first-order valence-electron chi connectivity index (χ1n) is 8.46. The highest BCUT2D eigenvalue weighted by molar-refractivity contribution is 14.0. The molecule has 9 heteroatoms. The molecule has 2 aliphatic rings. The number of aliphatic imine (C=N–C) groups is 1. The fraction of sp³-hybridized carbons (Fsp3) is 0.750. The zero-order valence-electron chi connectivity index (χ0n) is 14.1. The van der Waals surface area contributed by atoms with Gasteiger partial charge in [0.2, 0.25) is 0 Å². The van der Waals surface area contributed by atoms with Crippen molar-refractivity contribution in [3.8, 4) is 0 Å². The number of nitrogens with zero attached hydrogens (tertiary/aromatic N) is 2. The summed E-state index contributed by atoms with van der Waals surface area (Å²) in [4.78, 5) is 7.79. The Balaban J connectivity index is 0.00000225. The first kappa shape index (κ1) is 20.7. The molecule has 0 aromatic carbocycles. The number of rotatable bonds is 4. The number of hydrogen-bond acceptors (Lipinski definition) is 3. The Labute approximate surface area is 167 Å². The van der Waals surface area contributed by atoms with Gasteiger partial charge in [-0.05, 0) is 18.3 Å². The zero-order valence-corrected chi connectivity index (χ0v) is 17.3. The van der Waals surface area contributed by atoms with E-state index >= 15 is 0 Å². The molecule has 25 heavy (non-hydrogen) atoms. The lowest BCUT2D eigenvalue weighted by molar-refractivity contribution is -0.140. The predicted octanol–water partition coefficient (Wildman–Crippen LogP) is 4.41. The summed E-state index contributed by atoms with van der Waals surface area (Å²) in [6, 6.07) is 0.446. The summed E-state index contributed by atoms with van der Waals surface area (Å²) in [6.07, 6.45) is 3.48. The van der Waals surface area contributed by atoms with Crippen molar-refractivity contribution in [2.24, 2.45) is 16.8 Å². The van der Waals surface area contributed by atoms with Crippen molar-refractivity contribution in [2.75, 3.05) is 7.05 Å². The number of guanidine groups is 1. The van der Waals surface area contributed by atoms with E-state index < -0.39 is 11.9 Å². The first-order valence-corrected chi connectivity index (χ1v) is 9.34. The van der Waals surface area contributed by atoms with Crippen LogP contribution in [0.2, 0.25) is 0 Å². The molecule has 0 bridgehead atoms. The highest BCUT2D eigenvalue weighted by Crippen LogP contribution is 2.44. The van der Waals surface area contributed by atoms with Crippen molar-refractivity contribution in [1.29, 1.82) is 0 Å². The van der Waals surface area contributed by atoms with E-state index in [-0.39, 0.29) is 30.5 Å². The van der Waals surface area contributed by atoms with E-state index in [9.17, 15) is 13.2 Å². The van der Waals surface area contributed by atoms with Gasteiger partial charge in [-0.1, -0.05) is 32.1 Å². The van der Waals surface area contributed by atoms with Gasteiger partial charge in [0.15, 0.2) is 11.7 Å². The summed E-state index contributed by atoms with van der Waals surface area (Å²) in [7, 11) is 1.68. The summed E-state index contributed by atoms with van der Waals surface area (Å²) in [5.41, 5.74) is -0.827. The second-order valence-electron chi connectivity index (χ2n) is 6.60. The van der Waals surface area contributed by atoms with Crippen LogP contribution in [0.3, 0.4) is 0 Å². The molecule has 1 aromatic rings. The van der Waals surface area contributed by atoms with Crippen LogP contribution in [0, 0.1) is 11.8 Å².